The molecule has 2 saturated heterocycles. The maximum Gasteiger partial charge on any atom is 0.249 e. The minimum absolute atomic E-state index is 0.0824. The Labute approximate surface area is 158 Å². The highest BCUT2D eigenvalue weighted by Crippen LogP contribution is 2.33. The fourth-order valence-corrected chi connectivity index (χ4v) is 3.41. The van der Waals surface area contributed by atoms with Gasteiger partial charge in [-0.25, -0.2) is 0 Å². The predicted molar refractivity (Wildman–Crippen MR) is 101 cm³/mol. The summed E-state index contributed by atoms with van der Waals surface area (Å²) in [4.78, 5) is 6.82. The van der Waals surface area contributed by atoms with Crippen molar-refractivity contribution in [3.63, 3.8) is 0 Å². The lowest BCUT2D eigenvalue weighted by Gasteiger charge is -2.37. The van der Waals surface area contributed by atoms with Crippen LogP contribution in [0, 0.1) is 0 Å². The van der Waals surface area contributed by atoms with Gasteiger partial charge in [-0.2, -0.15) is 10.1 Å². The lowest BCUT2D eigenvalue weighted by Crippen LogP contribution is -2.45. The Hall–Kier alpha value is -2.45. The largest absolute Gasteiger partial charge is 0.489 e. The van der Waals surface area contributed by atoms with E-state index in [2.05, 4.69) is 25.4 Å². The van der Waals surface area contributed by atoms with Gasteiger partial charge in [0.1, 0.15) is 5.75 Å². The first-order chi connectivity index (χ1) is 13.1. The number of para-hydroxylation sites is 2. The summed E-state index contributed by atoms with van der Waals surface area (Å²) < 4.78 is 17.4. The average Bonchev–Trinajstić information content (AvgIpc) is 3.12. The highest BCUT2D eigenvalue weighted by atomic mass is 16.7. The number of nitrogens with one attached hydrogen (secondary N) is 1. The molecule has 0 atom stereocenters. The van der Waals surface area contributed by atoms with Crippen LogP contribution in [-0.2, 0) is 9.47 Å². The molecule has 0 aliphatic carbocycles. The van der Waals surface area contributed by atoms with E-state index in [9.17, 15) is 0 Å². The Morgan fingerprint density at radius 1 is 1.15 bits per heavy atom. The topological polar surface area (TPSA) is 81.6 Å². The molecule has 0 radical (unpaired) electrons. The second-order valence-corrected chi connectivity index (χ2v) is 7.02. The average molecular weight is 371 g/mol. The van der Waals surface area contributed by atoms with E-state index in [-0.39, 0.29) is 6.10 Å². The van der Waals surface area contributed by atoms with E-state index in [0.717, 1.165) is 43.2 Å². The molecule has 0 bridgehead atoms. The molecular weight excluding hydrogens is 346 g/mol. The summed E-state index contributed by atoms with van der Waals surface area (Å²) in [6, 6.07) is 7.74. The summed E-state index contributed by atoms with van der Waals surface area (Å²) in [6.45, 7) is 6.98. The standard InChI is InChI=1S/C19H25N5O3/c1-14(2)27-16-6-4-3-5-15(16)21-18-22-17(13-20-23-18)24-9-7-19(8-10-24)25-11-12-26-19/h3-6,13-14H,7-12H2,1-2H3,(H,21,22,23). The summed E-state index contributed by atoms with van der Waals surface area (Å²) in [7, 11) is 0. The molecule has 3 heterocycles. The van der Waals surface area contributed by atoms with Gasteiger partial charge in [-0.3, -0.25) is 0 Å². The third-order valence-corrected chi connectivity index (χ3v) is 4.71. The van der Waals surface area contributed by atoms with Crippen molar-refractivity contribution < 1.29 is 14.2 Å². The Kier molecular flexibility index (Phi) is 5.09. The molecule has 27 heavy (non-hydrogen) atoms. The smallest absolute Gasteiger partial charge is 0.249 e. The number of anilines is 3. The minimum atomic E-state index is -0.398. The lowest BCUT2D eigenvalue weighted by molar-refractivity contribution is -0.169. The number of ether oxygens (including phenoxy) is 3. The molecule has 1 N–H and O–H groups in total. The molecule has 1 spiro atoms. The Morgan fingerprint density at radius 3 is 2.63 bits per heavy atom. The monoisotopic (exact) mass is 371 g/mol. The van der Waals surface area contributed by atoms with Gasteiger partial charge in [-0.1, -0.05) is 12.1 Å². The summed E-state index contributed by atoms with van der Waals surface area (Å²) in [6.07, 6.45) is 3.42. The van der Waals surface area contributed by atoms with Crippen LogP contribution in [0.25, 0.3) is 0 Å². The van der Waals surface area contributed by atoms with Crippen molar-refractivity contribution in [3.8, 4) is 5.75 Å². The van der Waals surface area contributed by atoms with Gasteiger partial charge in [-0.05, 0) is 26.0 Å². The van der Waals surface area contributed by atoms with Crippen LogP contribution in [0.3, 0.4) is 0 Å². The number of rotatable bonds is 5. The van der Waals surface area contributed by atoms with Gasteiger partial charge in [0.2, 0.25) is 5.95 Å². The molecule has 2 aromatic rings. The zero-order chi connectivity index (χ0) is 18.7. The fraction of sp³-hybridized carbons (Fsp3) is 0.526. The van der Waals surface area contributed by atoms with Crippen LogP contribution in [-0.4, -0.2) is 53.4 Å². The number of benzene rings is 1. The molecule has 8 heteroatoms. The zero-order valence-electron chi connectivity index (χ0n) is 15.7. The molecule has 1 aromatic carbocycles. The van der Waals surface area contributed by atoms with Gasteiger partial charge in [-0.15, -0.1) is 5.10 Å². The normalized spacial score (nSPS) is 18.9. The van der Waals surface area contributed by atoms with E-state index in [1.165, 1.54) is 0 Å². The molecule has 2 aliphatic rings. The van der Waals surface area contributed by atoms with Crippen LogP contribution in [0.1, 0.15) is 26.7 Å². The molecule has 0 unspecified atom stereocenters. The second-order valence-electron chi connectivity index (χ2n) is 7.02. The third kappa shape index (κ3) is 4.12. The van der Waals surface area contributed by atoms with Crippen molar-refractivity contribution in [1.82, 2.24) is 15.2 Å². The van der Waals surface area contributed by atoms with Gasteiger partial charge in [0.25, 0.3) is 0 Å². The first kappa shape index (κ1) is 17.9. The van der Waals surface area contributed by atoms with Crippen molar-refractivity contribution in [2.75, 3.05) is 36.5 Å². The summed E-state index contributed by atoms with van der Waals surface area (Å²) >= 11 is 0. The number of aromatic nitrogens is 3. The van der Waals surface area contributed by atoms with Crippen molar-refractivity contribution in [3.05, 3.63) is 30.5 Å². The van der Waals surface area contributed by atoms with E-state index >= 15 is 0 Å². The minimum Gasteiger partial charge on any atom is -0.489 e. The van der Waals surface area contributed by atoms with Crippen molar-refractivity contribution >= 4 is 17.5 Å². The maximum absolute atomic E-state index is 5.84. The first-order valence-electron chi connectivity index (χ1n) is 9.39. The molecule has 4 rings (SSSR count). The van der Waals surface area contributed by atoms with E-state index in [1.807, 2.05) is 38.1 Å². The zero-order valence-corrected chi connectivity index (χ0v) is 15.7. The Morgan fingerprint density at radius 2 is 1.89 bits per heavy atom. The number of nitrogens with zero attached hydrogens (tertiary/aromatic N) is 4. The maximum atomic E-state index is 5.84. The molecule has 144 valence electrons. The molecule has 1 aromatic heterocycles. The highest BCUT2D eigenvalue weighted by molar-refractivity contribution is 5.62. The highest BCUT2D eigenvalue weighted by Gasteiger charge is 2.40. The predicted octanol–water partition coefficient (Wildman–Crippen LogP) is 2.75. The van der Waals surface area contributed by atoms with Crippen molar-refractivity contribution in [1.29, 1.82) is 0 Å². The van der Waals surface area contributed by atoms with E-state index < -0.39 is 5.79 Å². The Bertz CT molecular complexity index is 769. The van der Waals surface area contributed by atoms with Gasteiger partial charge in [0.05, 0.1) is 31.2 Å². The number of hydrogen-bond donors (Lipinski definition) is 1. The fourth-order valence-electron chi connectivity index (χ4n) is 3.41. The van der Waals surface area contributed by atoms with Gasteiger partial charge in [0, 0.05) is 25.9 Å². The van der Waals surface area contributed by atoms with Crippen LogP contribution < -0.4 is 15.0 Å². The van der Waals surface area contributed by atoms with E-state index in [0.29, 0.717) is 19.2 Å². The molecule has 0 amide bonds. The molecule has 2 fully saturated rings. The number of piperidine rings is 1. The SMILES string of the molecule is CC(C)Oc1ccccc1Nc1nncc(N2CCC3(CC2)OCCO3)n1. The van der Waals surface area contributed by atoms with Crippen LogP contribution in [0.15, 0.2) is 30.5 Å². The molecule has 2 aliphatic heterocycles. The third-order valence-electron chi connectivity index (χ3n) is 4.71. The van der Waals surface area contributed by atoms with Crippen LogP contribution in [0.2, 0.25) is 0 Å². The molecular formula is C19H25N5O3. The number of hydrogen-bond acceptors (Lipinski definition) is 8. The van der Waals surface area contributed by atoms with Gasteiger partial charge >= 0.3 is 0 Å². The van der Waals surface area contributed by atoms with E-state index in [4.69, 9.17) is 14.2 Å². The van der Waals surface area contributed by atoms with Crippen LogP contribution in [0.5, 0.6) is 5.75 Å². The first-order valence-corrected chi connectivity index (χ1v) is 9.39. The van der Waals surface area contributed by atoms with E-state index in [1.54, 1.807) is 6.20 Å². The second kappa shape index (κ2) is 7.66. The summed E-state index contributed by atoms with van der Waals surface area (Å²) in [5, 5.41) is 11.5. The van der Waals surface area contributed by atoms with Gasteiger partial charge < -0.3 is 24.4 Å². The summed E-state index contributed by atoms with van der Waals surface area (Å²) in [5.74, 6) is 1.60. The van der Waals surface area contributed by atoms with Crippen LogP contribution in [0.4, 0.5) is 17.5 Å². The molecule has 8 nitrogen and oxygen atoms in total. The summed E-state index contributed by atoms with van der Waals surface area (Å²) in [5.41, 5.74) is 0.815. The molecule has 0 saturated carbocycles. The van der Waals surface area contributed by atoms with Crippen molar-refractivity contribution in [2.24, 2.45) is 0 Å². The quantitative estimate of drug-likeness (QED) is 0.859. The Balaban J connectivity index is 1.46. The van der Waals surface area contributed by atoms with Crippen LogP contribution >= 0.6 is 0 Å². The lowest BCUT2D eigenvalue weighted by atomic mass is 10.0. The van der Waals surface area contributed by atoms with Gasteiger partial charge in [0.15, 0.2) is 11.6 Å². The van der Waals surface area contributed by atoms with Crippen molar-refractivity contribution in [2.45, 2.75) is 38.6 Å².